The second-order valence-electron chi connectivity index (χ2n) is 19.9. The predicted octanol–water partition coefficient (Wildman–Crippen LogP) is -0.310. The van der Waals surface area contributed by atoms with Crippen LogP contribution in [-0.2, 0) is 60.8 Å². The number of aliphatic carboxylic acids is 2. The first-order valence-electron chi connectivity index (χ1n) is 25.4. The minimum Gasteiger partial charge on any atom is -0.508 e. The van der Waals surface area contributed by atoms with Gasteiger partial charge in [-0.15, -0.1) is 0 Å². The third-order valence-electron chi connectivity index (χ3n) is 13.4. The number of carboxylic acids is 2. The number of hydrogen-bond donors (Lipinski definition) is 13. The first-order chi connectivity index (χ1) is 35.9. The summed E-state index contributed by atoms with van der Waals surface area (Å²) in [5, 5.41) is 58.1. The molecule has 1 aliphatic heterocycles. The van der Waals surface area contributed by atoms with Crippen molar-refractivity contribution >= 4 is 70.1 Å². The molecule has 4 rings (SSSR count). The molecule has 76 heavy (non-hydrogen) atoms. The number of benzene rings is 2. The van der Waals surface area contributed by atoms with Gasteiger partial charge in [0.2, 0.25) is 47.3 Å². The summed E-state index contributed by atoms with van der Waals surface area (Å²) in [6.45, 7) is 10.3. The van der Waals surface area contributed by atoms with Crippen LogP contribution in [0, 0.1) is 17.8 Å². The minimum absolute atomic E-state index is 0.0647. The summed E-state index contributed by atoms with van der Waals surface area (Å²) in [7, 11) is 0. The zero-order valence-corrected chi connectivity index (χ0v) is 43.9. The summed E-state index contributed by atoms with van der Waals surface area (Å²) < 4.78 is 0. The highest BCUT2D eigenvalue weighted by Crippen LogP contribution is 2.22. The van der Waals surface area contributed by atoms with E-state index in [0.717, 1.165) is 21.4 Å². The number of nitrogens with two attached hydrogens (primary N) is 1. The molecule has 3 aromatic rings. The number of aromatic nitrogens is 1. The first-order valence-corrected chi connectivity index (χ1v) is 25.4. The van der Waals surface area contributed by atoms with E-state index in [1.807, 2.05) is 24.3 Å². The molecule has 10 atom stereocenters. The third-order valence-corrected chi connectivity index (χ3v) is 13.4. The van der Waals surface area contributed by atoms with E-state index < -0.39 is 151 Å². The average molecular weight is 1060 g/mol. The topological polar surface area (TPSA) is 381 Å². The lowest BCUT2D eigenvalue weighted by atomic mass is 9.97. The zero-order valence-electron chi connectivity index (χ0n) is 43.9. The van der Waals surface area contributed by atoms with E-state index in [0.29, 0.717) is 18.4 Å². The normalized spacial score (nSPS) is 16.9. The van der Waals surface area contributed by atoms with Crippen molar-refractivity contribution in [3.05, 3.63) is 65.9 Å². The molecule has 416 valence electrons. The van der Waals surface area contributed by atoms with Crippen LogP contribution in [0.15, 0.2) is 54.7 Å². The molecular weight excluding hydrogens is 989 g/mol. The van der Waals surface area contributed by atoms with E-state index in [-0.39, 0.29) is 31.6 Å². The van der Waals surface area contributed by atoms with Gasteiger partial charge in [0.15, 0.2) is 0 Å². The Morgan fingerprint density at radius 1 is 0.684 bits per heavy atom. The van der Waals surface area contributed by atoms with E-state index in [9.17, 15) is 68.4 Å². The Bertz CT molecular complexity index is 2550. The smallest absolute Gasteiger partial charge is 0.326 e. The largest absolute Gasteiger partial charge is 0.508 e. The van der Waals surface area contributed by atoms with Crippen LogP contribution in [0.5, 0.6) is 5.75 Å². The van der Waals surface area contributed by atoms with Crippen LogP contribution in [0.3, 0.4) is 0 Å². The number of carbonyl (C=O) groups is 10. The number of nitrogens with zero attached hydrogens (tertiary/aromatic N) is 1. The maximum Gasteiger partial charge on any atom is 0.326 e. The quantitative estimate of drug-likeness (QED) is 0.0444. The molecule has 1 aromatic heterocycles. The molecule has 14 N–H and O–H groups in total. The summed E-state index contributed by atoms with van der Waals surface area (Å²) in [6.07, 6.45) is 1.54. The summed E-state index contributed by atoms with van der Waals surface area (Å²) in [5.74, 6) is -11.0. The van der Waals surface area contributed by atoms with E-state index in [1.165, 1.54) is 31.2 Å². The van der Waals surface area contributed by atoms with E-state index >= 15 is 0 Å². The molecule has 0 bridgehead atoms. The van der Waals surface area contributed by atoms with Crippen molar-refractivity contribution < 1.29 is 68.4 Å². The number of carboxylic acid groups (broad SMARTS) is 2. The van der Waals surface area contributed by atoms with Gasteiger partial charge in [0.05, 0.1) is 12.6 Å². The van der Waals surface area contributed by atoms with Crippen molar-refractivity contribution in [2.45, 2.75) is 148 Å². The number of likely N-dealkylation sites (tertiary alicyclic amines) is 1. The number of H-pyrrole nitrogens is 1. The molecule has 0 spiro atoms. The number of aliphatic hydroxyl groups excluding tert-OH is 1. The Morgan fingerprint density at radius 2 is 1.28 bits per heavy atom. The second kappa shape index (κ2) is 28.3. The summed E-state index contributed by atoms with van der Waals surface area (Å²) in [4.78, 5) is 138. The van der Waals surface area contributed by atoms with Gasteiger partial charge in [-0.1, -0.05) is 78.3 Å². The number of nitrogens with one attached hydrogen (secondary N) is 8. The van der Waals surface area contributed by atoms with Gasteiger partial charge >= 0.3 is 11.9 Å². The van der Waals surface area contributed by atoms with Crippen molar-refractivity contribution in [1.82, 2.24) is 47.1 Å². The van der Waals surface area contributed by atoms with Gasteiger partial charge in [-0.2, -0.15) is 0 Å². The number of rotatable bonds is 28. The van der Waals surface area contributed by atoms with E-state index in [2.05, 4.69) is 42.2 Å². The maximum atomic E-state index is 14.3. The Hall–Kier alpha value is -7.60. The molecule has 0 radical (unpaired) electrons. The molecule has 1 aliphatic rings. The molecule has 1 saturated heterocycles. The monoisotopic (exact) mass is 1060 g/mol. The fraction of sp³-hybridized carbons (Fsp3) is 0.538. The van der Waals surface area contributed by atoms with Crippen molar-refractivity contribution in [3.63, 3.8) is 0 Å². The van der Waals surface area contributed by atoms with Crippen molar-refractivity contribution in [2.75, 3.05) is 13.2 Å². The fourth-order valence-electron chi connectivity index (χ4n) is 8.65. The number of hydrogen-bond acceptors (Lipinski definition) is 13. The van der Waals surface area contributed by atoms with Gasteiger partial charge < -0.3 is 73.3 Å². The number of carbonyl (C=O) groups excluding carboxylic acids is 8. The van der Waals surface area contributed by atoms with Gasteiger partial charge in [-0.3, -0.25) is 43.2 Å². The summed E-state index contributed by atoms with van der Waals surface area (Å²) >= 11 is 0. The predicted molar refractivity (Wildman–Crippen MR) is 276 cm³/mol. The summed E-state index contributed by atoms with van der Waals surface area (Å²) in [5.41, 5.74) is 8.38. The molecule has 0 saturated carbocycles. The lowest BCUT2D eigenvalue weighted by Crippen LogP contribution is -2.61. The maximum absolute atomic E-state index is 14.3. The molecule has 8 amide bonds. The highest BCUT2D eigenvalue weighted by atomic mass is 16.4. The van der Waals surface area contributed by atoms with Gasteiger partial charge in [0.1, 0.15) is 54.1 Å². The van der Waals surface area contributed by atoms with Gasteiger partial charge in [-0.05, 0) is 79.7 Å². The second-order valence-corrected chi connectivity index (χ2v) is 19.9. The summed E-state index contributed by atoms with van der Waals surface area (Å²) in [6, 6.07) is 1.04. The Balaban J connectivity index is 1.49. The molecular formula is C52H74N10O14. The fourth-order valence-corrected chi connectivity index (χ4v) is 8.65. The molecule has 2 heterocycles. The highest BCUT2D eigenvalue weighted by molar-refractivity contribution is 5.98. The number of phenols is 1. The highest BCUT2D eigenvalue weighted by Gasteiger charge is 2.41. The molecule has 2 aromatic carbocycles. The Morgan fingerprint density at radius 3 is 1.88 bits per heavy atom. The number of para-hydroxylation sites is 1. The van der Waals surface area contributed by atoms with Gasteiger partial charge in [0, 0.05) is 36.5 Å². The van der Waals surface area contributed by atoms with E-state index in [1.54, 1.807) is 47.7 Å². The van der Waals surface area contributed by atoms with Crippen molar-refractivity contribution in [1.29, 1.82) is 0 Å². The Labute approximate surface area is 440 Å². The first kappa shape index (κ1) is 61.0. The van der Waals surface area contributed by atoms with E-state index in [4.69, 9.17) is 5.73 Å². The van der Waals surface area contributed by atoms with Gasteiger partial charge in [0.25, 0.3) is 0 Å². The van der Waals surface area contributed by atoms with Crippen LogP contribution in [0.1, 0.15) is 91.7 Å². The molecule has 0 unspecified atom stereocenters. The number of aromatic hydroxyl groups is 1. The average Bonchev–Trinajstić information content (AvgIpc) is 4.04. The third kappa shape index (κ3) is 17.0. The SMILES string of the molecule is CC[C@H](C)[C@H](NC(=O)[C@@H](N)Cc1c[nH]c2ccccc12)C(=O)N[C@@H](C)C(=O)N[C@@H](CCC(=O)O)C(=O)N[C@@H](Cc1ccc(O)cc1)C(=O)N[C@H](C(=O)N[C@@H](CO)C(=O)N1CCC[C@H]1C(=O)N[C@H](C(=O)O)C(C)C)C(C)C. The van der Waals surface area contributed by atoms with Crippen molar-refractivity contribution in [3.8, 4) is 5.75 Å². The number of phenolic OH excluding ortho intramolecular Hbond substituents is 1. The number of aromatic amines is 1. The molecule has 0 aliphatic carbocycles. The van der Waals surface area contributed by atoms with Crippen LogP contribution in [-0.4, -0.2) is 157 Å². The van der Waals surface area contributed by atoms with Crippen molar-refractivity contribution in [2.24, 2.45) is 23.5 Å². The number of aliphatic hydroxyl groups is 1. The van der Waals surface area contributed by atoms with Crippen LogP contribution in [0.2, 0.25) is 0 Å². The molecule has 24 nitrogen and oxygen atoms in total. The number of fused-ring (bicyclic) bond motifs is 1. The number of amides is 8. The van der Waals surface area contributed by atoms with Crippen LogP contribution >= 0.6 is 0 Å². The standard InChI is InChI=1S/C52H74N10O14/c1-8-28(6)43(61-45(68)34(53)23-31-24-54-35-13-10-9-12-33(31)35)50(73)55-29(7)44(67)56-36(19-20-40(65)66)46(69)57-37(22-30-15-17-32(64)18-16-30)47(70)59-41(26(2)3)49(72)58-38(25-63)51(74)62-21-11-14-39(62)48(71)60-42(27(4)5)52(75)76/h9-10,12-13,15-18,24,26-29,34,36-39,41-43,54,63-64H,8,11,14,19-23,25,53H2,1-7H3,(H,55,73)(H,56,67)(H,57,69)(H,58,72)(H,59,70)(H,60,71)(H,61,68)(H,65,66)(H,75,76)/t28-,29-,34-,36-,37-,38-,39-,41-,42-,43-/m0/s1. The zero-order chi connectivity index (χ0) is 56.6. The lowest BCUT2D eigenvalue weighted by molar-refractivity contribution is -0.146. The lowest BCUT2D eigenvalue weighted by Gasteiger charge is -2.31. The van der Waals surface area contributed by atoms with Crippen LogP contribution in [0.25, 0.3) is 10.9 Å². The van der Waals surface area contributed by atoms with Crippen LogP contribution in [0.4, 0.5) is 0 Å². The minimum atomic E-state index is -1.61. The molecule has 24 heteroatoms. The van der Waals surface area contributed by atoms with Crippen LogP contribution < -0.4 is 43.0 Å². The molecule has 1 fully saturated rings. The Kier molecular flexibility index (Phi) is 22.7. The van der Waals surface area contributed by atoms with Gasteiger partial charge in [-0.25, -0.2) is 4.79 Å².